The summed E-state index contributed by atoms with van der Waals surface area (Å²) in [5, 5.41) is 5.08. The predicted molar refractivity (Wildman–Crippen MR) is 118 cm³/mol. The smallest absolute Gasteiger partial charge is 0.416 e. The van der Waals surface area contributed by atoms with Crippen LogP contribution in [0.5, 0.6) is 11.5 Å². The monoisotopic (exact) mass is 458 g/mol. The summed E-state index contributed by atoms with van der Waals surface area (Å²) in [6.45, 7) is 1.56. The molecule has 0 aliphatic carbocycles. The third-order valence-corrected chi connectivity index (χ3v) is 4.58. The van der Waals surface area contributed by atoms with Crippen LogP contribution in [-0.4, -0.2) is 25.0 Å². The first-order valence-electron chi connectivity index (χ1n) is 9.86. The van der Waals surface area contributed by atoms with Crippen molar-refractivity contribution in [3.8, 4) is 11.5 Å². The van der Waals surface area contributed by atoms with Crippen molar-refractivity contribution in [2.24, 2.45) is 0 Å². The van der Waals surface area contributed by atoms with Crippen LogP contribution in [-0.2, 0) is 11.0 Å². The molecule has 0 radical (unpaired) electrons. The van der Waals surface area contributed by atoms with E-state index in [0.717, 1.165) is 12.1 Å². The second-order valence-electron chi connectivity index (χ2n) is 7.01. The maximum absolute atomic E-state index is 12.9. The lowest BCUT2D eigenvalue weighted by Gasteiger charge is -2.17. The van der Waals surface area contributed by atoms with E-state index in [1.54, 1.807) is 43.3 Å². The Balaban J connectivity index is 1.66. The zero-order valence-corrected chi connectivity index (χ0v) is 17.8. The molecule has 172 valence electrons. The van der Waals surface area contributed by atoms with Crippen molar-refractivity contribution in [1.29, 1.82) is 0 Å². The fourth-order valence-corrected chi connectivity index (χ4v) is 2.92. The van der Waals surface area contributed by atoms with Gasteiger partial charge in [0.15, 0.2) is 17.6 Å². The second kappa shape index (κ2) is 10.1. The number of nitrogens with one attached hydrogen (secondary N) is 2. The lowest BCUT2D eigenvalue weighted by atomic mass is 10.1. The highest BCUT2D eigenvalue weighted by molar-refractivity contribution is 6.05. The molecule has 33 heavy (non-hydrogen) atoms. The number of ether oxygens (including phenoxy) is 2. The summed E-state index contributed by atoms with van der Waals surface area (Å²) in [6, 6.07) is 17.2. The number of carbonyl (C=O) groups excluding carboxylic acids is 2. The van der Waals surface area contributed by atoms with E-state index in [4.69, 9.17) is 9.47 Å². The summed E-state index contributed by atoms with van der Waals surface area (Å²) < 4.78 is 49.5. The van der Waals surface area contributed by atoms with Crippen molar-refractivity contribution in [3.05, 3.63) is 83.9 Å². The number of halogens is 3. The molecular weight excluding hydrogens is 437 g/mol. The summed E-state index contributed by atoms with van der Waals surface area (Å²) in [5.74, 6) is -0.206. The highest BCUT2D eigenvalue weighted by Crippen LogP contribution is 2.31. The van der Waals surface area contributed by atoms with E-state index in [9.17, 15) is 22.8 Å². The summed E-state index contributed by atoms with van der Waals surface area (Å²) in [6.07, 6.45) is -5.39. The van der Waals surface area contributed by atoms with E-state index in [1.807, 2.05) is 0 Å². The summed E-state index contributed by atoms with van der Waals surface area (Å²) in [7, 11) is 1.49. The average molecular weight is 458 g/mol. The van der Waals surface area contributed by atoms with Gasteiger partial charge >= 0.3 is 6.18 Å². The number of hydrogen-bond donors (Lipinski definition) is 2. The fraction of sp³-hybridized carbons (Fsp3) is 0.167. The first-order valence-corrected chi connectivity index (χ1v) is 9.86. The Morgan fingerprint density at radius 3 is 2.15 bits per heavy atom. The minimum absolute atomic E-state index is 0.00287. The Bertz CT molecular complexity index is 1150. The standard InChI is InChI=1S/C24H21F3N2O4/c1-15(33-21-12-4-3-11-20(21)32-2)22(30)28-18-9-5-7-16(13-18)23(31)29-19-10-6-8-17(14-19)24(25,26)27/h3-15H,1-2H3,(H,28,30)(H,29,31). The number of hydrogen-bond acceptors (Lipinski definition) is 4. The Kier molecular flexibility index (Phi) is 7.22. The fourth-order valence-electron chi connectivity index (χ4n) is 2.92. The molecule has 0 aliphatic heterocycles. The van der Waals surface area contributed by atoms with E-state index in [2.05, 4.69) is 10.6 Å². The van der Waals surface area contributed by atoms with Crippen molar-refractivity contribution in [2.45, 2.75) is 19.2 Å². The first-order chi connectivity index (χ1) is 15.7. The molecule has 0 saturated carbocycles. The number of benzene rings is 3. The predicted octanol–water partition coefficient (Wildman–Crippen LogP) is 5.37. The molecule has 6 nitrogen and oxygen atoms in total. The number of amides is 2. The Hall–Kier alpha value is -4.01. The molecule has 3 aromatic carbocycles. The van der Waals surface area contributed by atoms with Gasteiger partial charge in [-0.15, -0.1) is 0 Å². The largest absolute Gasteiger partial charge is 0.493 e. The molecule has 0 heterocycles. The SMILES string of the molecule is COc1ccccc1OC(C)C(=O)Nc1cccc(C(=O)Nc2cccc(C(F)(F)F)c2)c1. The molecule has 1 unspecified atom stereocenters. The second-order valence-corrected chi connectivity index (χ2v) is 7.01. The zero-order valence-electron chi connectivity index (χ0n) is 17.8. The van der Waals surface area contributed by atoms with Crippen LogP contribution in [0.1, 0.15) is 22.8 Å². The third kappa shape index (κ3) is 6.25. The van der Waals surface area contributed by atoms with Gasteiger partial charge in [-0.05, 0) is 55.5 Å². The van der Waals surface area contributed by atoms with Crippen molar-refractivity contribution in [1.82, 2.24) is 0 Å². The topological polar surface area (TPSA) is 76.7 Å². The minimum Gasteiger partial charge on any atom is -0.493 e. The van der Waals surface area contributed by atoms with Gasteiger partial charge in [-0.25, -0.2) is 0 Å². The molecule has 2 amide bonds. The van der Waals surface area contributed by atoms with Gasteiger partial charge in [0.1, 0.15) is 0 Å². The van der Waals surface area contributed by atoms with Gasteiger partial charge in [0.25, 0.3) is 11.8 Å². The van der Waals surface area contributed by atoms with E-state index < -0.39 is 29.7 Å². The highest BCUT2D eigenvalue weighted by Gasteiger charge is 2.30. The number of methoxy groups -OCH3 is 1. The Morgan fingerprint density at radius 1 is 0.848 bits per heavy atom. The first kappa shape index (κ1) is 23.6. The molecule has 0 aliphatic rings. The van der Waals surface area contributed by atoms with Gasteiger partial charge in [-0.3, -0.25) is 9.59 Å². The molecule has 0 saturated heterocycles. The van der Waals surface area contributed by atoms with Crippen molar-refractivity contribution in [3.63, 3.8) is 0 Å². The number of rotatable bonds is 7. The van der Waals surface area contributed by atoms with Crippen LogP contribution in [0.2, 0.25) is 0 Å². The van der Waals surface area contributed by atoms with Gasteiger partial charge in [-0.2, -0.15) is 13.2 Å². The summed E-state index contributed by atoms with van der Waals surface area (Å²) in [5.41, 5.74) is -0.385. The zero-order chi connectivity index (χ0) is 24.0. The molecular formula is C24H21F3N2O4. The van der Waals surface area contributed by atoms with Gasteiger partial charge in [0.05, 0.1) is 12.7 Å². The van der Waals surface area contributed by atoms with E-state index in [0.29, 0.717) is 17.2 Å². The molecule has 2 N–H and O–H groups in total. The Labute approximate surface area is 188 Å². The molecule has 0 aromatic heterocycles. The molecule has 9 heteroatoms. The highest BCUT2D eigenvalue weighted by atomic mass is 19.4. The van der Waals surface area contributed by atoms with Crippen LogP contribution in [0.3, 0.4) is 0 Å². The molecule has 3 aromatic rings. The van der Waals surface area contributed by atoms with Crippen LogP contribution in [0.25, 0.3) is 0 Å². The van der Waals surface area contributed by atoms with Crippen molar-refractivity contribution in [2.75, 3.05) is 17.7 Å². The Morgan fingerprint density at radius 2 is 1.48 bits per heavy atom. The number of anilines is 2. The van der Waals surface area contributed by atoms with E-state index in [1.165, 1.54) is 31.4 Å². The minimum atomic E-state index is -4.52. The van der Waals surface area contributed by atoms with Crippen LogP contribution >= 0.6 is 0 Å². The van der Waals surface area contributed by atoms with Crippen LogP contribution < -0.4 is 20.1 Å². The summed E-state index contributed by atoms with van der Waals surface area (Å²) >= 11 is 0. The average Bonchev–Trinajstić information content (AvgIpc) is 2.79. The molecule has 0 bridgehead atoms. The molecule has 3 rings (SSSR count). The number of carbonyl (C=O) groups is 2. The normalized spacial score (nSPS) is 11.9. The van der Waals surface area contributed by atoms with E-state index >= 15 is 0 Å². The number of para-hydroxylation sites is 2. The number of alkyl halides is 3. The van der Waals surface area contributed by atoms with Crippen molar-refractivity contribution >= 4 is 23.2 Å². The van der Waals surface area contributed by atoms with Gasteiger partial charge < -0.3 is 20.1 Å². The molecule has 1 atom stereocenters. The lowest BCUT2D eigenvalue weighted by Crippen LogP contribution is -2.30. The van der Waals surface area contributed by atoms with E-state index in [-0.39, 0.29) is 11.3 Å². The van der Waals surface area contributed by atoms with Gasteiger partial charge in [-0.1, -0.05) is 24.3 Å². The quantitative estimate of drug-likeness (QED) is 0.499. The molecule has 0 spiro atoms. The van der Waals surface area contributed by atoms with Gasteiger partial charge in [0.2, 0.25) is 0 Å². The lowest BCUT2D eigenvalue weighted by molar-refractivity contribution is -0.137. The van der Waals surface area contributed by atoms with Crippen LogP contribution in [0.15, 0.2) is 72.8 Å². The van der Waals surface area contributed by atoms with Crippen LogP contribution in [0, 0.1) is 0 Å². The molecule has 0 fully saturated rings. The van der Waals surface area contributed by atoms with Gasteiger partial charge in [0, 0.05) is 16.9 Å². The van der Waals surface area contributed by atoms with Crippen LogP contribution in [0.4, 0.5) is 24.5 Å². The third-order valence-electron chi connectivity index (χ3n) is 4.58. The van der Waals surface area contributed by atoms with Crippen molar-refractivity contribution < 1.29 is 32.2 Å². The maximum atomic E-state index is 12.9. The maximum Gasteiger partial charge on any atom is 0.416 e. The summed E-state index contributed by atoms with van der Waals surface area (Å²) in [4.78, 5) is 25.1.